The number of carbonyl (C=O) groups excluding carboxylic acids is 1. The maximum Gasteiger partial charge on any atom is 0.251 e. The molecule has 2 N–H and O–H groups in total. The van der Waals surface area contributed by atoms with Gasteiger partial charge in [0.05, 0.1) is 10.8 Å². The molecule has 21 heavy (non-hydrogen) atoms. The first-order valence-corrected chi connectivity index (χ1v) is 8.66. The second-order valence-electron chi connectivity index (χ2n) is 5.80. The van der Waals surface area contributed by atoms with E-state index in [1.54, 1.807) is 24.3 Å². The second kappa shape index (κ2) is 7.18. The summed E-state index contributed by atoms with van der Waals surface area (Å²) in [6.45, 7) is 3.91. The smallest absolute Gasteiger partial charge is 0.251 e. The van der Waals surface area contributed by atoms with E-state index in [1.165, 1.54) is 0 Å². The average Bonchev–Trinajstić information content (AvgIpc) is 3.30. The fraction of sp³-hybridized carbons (Fsp3) is 0.562. The van der Waals surface area contributed by atoms with Crippen molar-refractivity contribution in [3.05, 3.63) is 29.8 Å². The van der Waals surface area contributed by atoms with Gasteiger partial charge in [0.15, 0.2) is 0 Å². The van der Waals surface area contributed by atoms with Crippen molar-refractivity contribution < 1.29 is 14.1 Å². The highest BCUT2D eigenvalue weighted by Crippen LogP contribution is 2.34. The Morgan fingerprint density at radius 1 is 1.33 bits per heavy atom. The molecule has 2 atom stereocenters. The summed E-state index contributed by atoms with van der Waals surface area (Å²) in [5.41, 5.74) is 0.572. The minimum absolute atomic E-state index is 0.0620. The SMILES string of the molecule is CC(C)S(=O)c1ccc(C(=O)NC(CCO)C2CC2)cc1. The third-order valence-corrected chi connectivity index (χ3v) is 5.32. The van der Waals surface area contributed by atoms with Crippen molar-refractivity contribution in [1.29, 1.82) is 0 Å². The van der Waals surface area contributed by atoms with Crippen LogP contribution >= 0.6 is 0 Å². The highest BCUT2D eigenvalue weighted by molar-refractivity contribution is 7.85. The number of benzene rings is 1. The predicted octanol–water partition coefficient (Wildman–Crippen LogP) is 2.09. The van der Waals surface area contributed by atoms with E-state index in [0.29, 0.717) is 17.9 Å². The Morgan fingerprint density at radius 3 is 2.43 bits per heavy atom. The van der Waals surface area contributed by atoms with Gasteiger partial charge in [0.1, 0.15) is 0 Å². The molecule has 2 rings (SSSR count). The van der Waals surface area contributed by atoms with E-state index in [9.17, 15) is 9.00 Å². The van der Waals surface area contributed by atoms with Crippen LogP contribution in [0.1, 0.15) is 43.5 Å². The number of carbonyl (C=O) groups is 1. The molecule has 5 heteroatoms. The van der Waals surface area contributed by atoms with Crippen molar-refractivity contribution in [3.63, 3.8) is 0 Å². The zero-order valence-corrected chi connectivity index (χ0v) is 13.4. The van der Waals surface area contributed by atoms with Crippen LogP contribution < -0.4 is 5.32 Å². The Morgan fingerprint density at radius 2 is 1.95 bits per heavy atom. The minimum Gasteiger partial charge on any atom is -0.396 e. The lowest BCUT2D eigenvalue weighted by molar-refractivity contribution is 0.0924. The molecule has 0 radical (unpaired) electrons. The van der Waals surface area contributed by atoms with Crippen molar-refractivity contribution in [2.75, 3.05) is 6.61 Å². The van der Waals surface area contributed by atoms with E-state index in [4.69, 9.17) is 5.11 Å². The number of amides is 1. The molecule has 1 aliphatic rings. The van der Waals surface area contributed by atoms with Crippen molar-refractivity contribution >= 4 is 16.7 Å². The van der Waals surface area contributed by atoms with E-state index in [2.05, 4.69) is 5.32 Å². The number of aliphatic hydroxyl groups excluding tert-OH is 1. The van der Waals surface area contributed by atoms with Crippen molar-refractivity contribution in [2.45, 2.75) is 49.3 Å². The number of rotatable bonds is 7. The van der Waals surface area contributed by atoms with Gasteiger partial charge in [0.2, 0.25) is 0 Å². The van der Waals surface area contributed by atoms with E-state index < -0.39 is 10.8 Å². The molecule has 116 valence electrons. The summed E-state index contributed by atoms with van der Waals surface area (Å²) in [7, 11) is -1.03. The maximum absolute atomic E-state index is 12.2. The minimum atomic E-state index is -1.03. The van der Waals surface area contributed by atoms with Gasteiger partial charge in [-0.15, -0.1) is 0 Å². The monoisotopic (exact) mass is 309 g/mol. The average molecular weight is 309 g/mol. The number of hydrogen-bond acceptors (Lipinski definition) is 3. The van der Waals surface area contributed by atoms with Gasteiger partial charge < -0.3 is 10.4 Å². The third-order valence-electron chi connectivity index (χ3n) is 3.72. The Bertz CT molecular complexity index is 509. The number of aliphatic hydroxyl groups is 1. The van der Waals surface area contributed by atoms with Crippen LogP contribution in [0.4, 0.5) is 0 Å². The molecule has 1 aliphatic carbocycles. The van der Waals surface area contributed by atoms with Crippen LogP contribution in [-0.2, 0) is 10.8 Å². The van der Waals surface area contributed by atoms with Crippen molar-refractivity contribution in [2.24, 2.45) is 5.92 Å². The fourth-order valence-corrected chi connectivity index (χ4v) is 3.28. The van der Waals surface area contributed by atoms with Gasteiger partial charge >= 0.3 is 0 Å². The van der Waals surface area contributed by atoms with Crippen molar-refractivity contribution in [3.8, 4) is 0 Å². The lowest BCUT2D eigenvalue weighted by Crippen LogP contribution is -2.37. The van der Waals surface area contributed by atoms with Crippen molar-refractivity contribution in [1.82, 2.24) is 5.32 Å². The quantitative estimate of drug-likeness (QED) is 0.810. The highest BCUT2D eigenvalue weighted by atomic mass is 32.2. The largest absolute Gasteiger partial charge is 0.396 e. The van der Waals surface area contributed by atoms with E-state index in [1.807, 2.05) is 13.8 Å². The molecule has 0 aromatic heterocycles. The zero-order valence-electron chi connectivity index (χ0n) is 12.5. The van der Waals surface area contributed by atoms with Crippen LogP contribution in [0, 0.1) is 5.92 Å². The molecule has 1 aromatic rings. The molecule has 2 unspecified atom stereocenters. The first-order valence-electron chi connectivity index (χ1n) is 7.45. The summed E-state index contributed by atoms with van der Waals surface area (Å²) in [6, 6.07) is 7.00. The normalized spacial score (nSPS) is 17.5. The van der Waals surface area contributed by atoms with Gasteiger partial charge in [-0.3, -0.25) is 9.00 Å². The predicted molar refractivity (Wildman–Crippen MR) is 83.7 cm³/mol. The Kier molecular flexibility index (Phi) is 5.53. The first kappa shape index (κ1) is 16.2. The molecule has 0 heterocycles. The molecule has 1 amide bonds. The molecule has 4 nitrogen and oxygen atoms in total. The first-order chi connectivity index (χ1) is 10.0. The van der Waals surface area contributed by atoms with Crippen LogP contribution in [-0.4, -0.2) is 33.1 Å². The summed E-state index contributed by atoms with van der Waals surface area (Å²) in [5, 5.41) is 12.1. The fourth-order valence-electron chi connectivity index (χ4n) is 2.33. The molecular formula is C16H23NO3S. The Labute approximate surface area is 128 Å². The lowest BCUT2D eigenvalue weighted by Gasteiger charge is -2.17. The molecule has 0 saturated heterocycles. The standard InChI is InChI=1S/C16H23NO3S/c1-11(2)21(20)14-7-5-13(6-8-14)16(19)17-15(9-10-18)12-3-4-12/h5-8,11-12,15,18H,3-4,9-10H2,1-2H3,(H,17,19). The van der Waals surface area contributed by atoms with E-state index in [0.717, 1.165) is 17.7 Å². The van der Waals surface area contributed by atoms with E-state index in [-0.39, 0.29) is 23.8 Å². The topological polar surface area (TPSA) is 66.4 Å². The zero-order chi connectivity index (χ0) is 15.4. The summed E-state index contributed by atoms with van der Waals surface area (Å²) in [4.78, 5) is 13.0. The van der Waals surface area contributed by atoms with Gasteiger partial charge in [-0.2, -0.15) is 0 Å². The number of hydrogen-bond donors (Lipinski definition) is 2. The highest BCUT2D eigenvalue weighted by Gasteiger charge is 2.31. The Balaban J connectivity index is 2.00. The van der Waals surface area contributed by atoms with E-state index >= 15 is 0 Å². The Hall–Kier alpha value is -1.20. The van der Waals surface area contributed by atoms with Crippen LogP contribution in [0.3, 0.4) is 0 Å². The van der Waals surface area contributed by atoms with Crippen LogP contribution in [0.25, 0.3) is 0 Å². The molecule has 1 aromatic carbocycles. The summed E-state index contributed by atoms with van der Waals surface area (Å²) >= 11 is 0. The lowest BCUT2D eigenvalue weighted by atomic mass is 10.1. The molecule has 0 bridgehead atoms. The van der Waals surface area contributed by atoms with Gasteiger partial charge in [-0.05, 0) is 49.4 Å². The third kappa shape index (κ3) is 4.38. The summed E-state index contributed by atoms with van der Waals surface area (Å²) in [5.74, 6) is 0.385. The summed E-state index contributed by atoms with van der Waals surface area (Å²) < 4.78 is 12.0. The molecule has 0 spiro atoms. The van der Waals surface area contributed by atoms with Gasteiger partial charge in [-0.1, -0.05) is 13.8 Å². The molecular weight excluding hydrogens is 286 g/mol. The van der Waals surface area contributed by atoms with Gasteiger partial charge in [0.25, 0.3) is 5.91 Å². The van der Waals surface area contributed by atoms with Gasteiger partial charge in [-0.25, -0.2) is 0 Å². The summed E-state index contributed by atoms with van der Waals surface area (Å²) in [6.07, 6.45) is 2.85. The second-order valence-corrected chi connectivity index (χ2v) is 7.81. The van der Waals surface area contributed by atoms with Gasteiger partial charge in [0, 0.05) is 28.4 Å². The molecule has 0 aliphatic heterocycles. The maximum atomic E-state index is 12.2. The molecule has 1 fully saturated rings. The molecule has 1 saturated carbocycles. The van der Waals surface area contributed by atoms with Crippen LogP contribution in [0.5, 0.6) is 0 Å². The van der Waals surface area contributed by atoms with Crippen LogP contribution in [0.2, 0.25) is 0 Å². The van der Waals surface area contributed by atoms with Crippen LogP contribution in [0.15, 0.2) is 29.2 Å². The number of nitrogens with one attached hydrogen (secondary N) is 1.